The number of amides is 1. The van der Waals surface area contributed by atoms with Crippen molar-refractivity contribution in [3.63, 3.8) is 0 Å². The summed E-state index contributed by atoms with van der Waals surface area (Å²) in [6.07, 6.45) is 7.09. The van der Waals surface area contributed by atoms with Crippen LogP contribution in [0.4, 0.5) is 11.4 Å². The van der Waals surface area contributed by atoms with Crippen molar-refractivity contribution in [1.82, 2.24) is 0 Å². The highest BCUT2D eigenvalue weighted by Gasteiger charge is 2.03. The maximum absolute atomic E-state index is 12.1. The van der Waals surface area contributed by atoms with Crippen LogP contribution in [0.25, 0.3) is 0 Å². The van der Waals surface area contributed by atoms with Crippen LogP contribution in [0.2, 0.25) is 0 Å². The molecular formula is C24H34N2O3. The molecule has 5 heteroatoms. The van der Waals surface area contributed by atoms with Gasteiger partial charge in [0.25, 0.3) is 0 Å². The van der Waals surface area contributed by atoms with Crippen LogP contribution in [0, 0.1) is 0 Å². The number of ether oxygens (including phenoxy) is 2. The Balaban J connectivity index is 1.66. The fourth-order valence-corrected chi connectivity index (χ4v) is 2.81. The molecule has 0 aliphatic rings. The van der Waals surface area contributed by atoms with Gasteiger partial charge in [-0.1, -0.05) is 39.5 Å². The Morgan fingerprint density at radius 1 is 0.724 bits per heavy atom. The Kier molecular flexibility index (Phi) is 10.5. The molecule has 2 aromatic carbocycles. The molecule has 29 heavy (non-hydrogen) atoms. The van der Waals surface area contributed by atoms with Gasteiger partial charge in [0.05, 0.1) is 19.8 Å². The molecule has 158 valence electrons. The zero-order valence-electron chi connectivity index (χ0n) is 17.7. The lowest BCUT2D eigenvalue weighted by atomic mass is 10.2. The first-order valence-electron chi connectivity index (χ1n) is 10.7. The molecule has 0 unspecified atom stereocenters. The summed E-state index contributed by atoms with van der Waals surface area (Å²) in [5.74, 6) is 1.58. The van der Waals surface area contributed by atoms with E-state index in [9.17, 15) is 4.79 Å². The van der Waals surface area contributed by atoms with E-state index in [-0.39, 0.29) is 12.5 Å². The predicted molar refractivity (Wildman–Crippen MR) is 120 cm³/mol. The molecule has 0 radical (unpaired) electrons. The van der Waals surface area contributed by atoms with Crippen LogP contribution in [-0.2, 0) is 4.79 Å². The molecule has 0 aliphatic heterocycles. The van der Waals surface area contributed by atoms with Gasteiger partial charge >= 0.3 is 0 Å². The lowest BCUT2D eigenvalue weighted by Crippen LogP contribution is -2.21. The van der Waals surface area contributed by atoms with E-state index in [0.29, 0.717) is 6.61 Å². The predicted octanol–water partition coefficient (Wildman–Crippen LogP) is 5.88. The van der Waals surface area contributed by atoms with Crippen molar-refractivity contribution in [2.75, 3.05) is 30.4 Å². The minimum absolute atomic E-state index is 0.0964. The van der Waals surface area contributed by atoms with E-state index in [1.54, 1.807) is 0 Å². The number of hydrogen-bond acceptors (Lipinski definition) is 4. The summed E-state index contributed by atoms with van der Waals surface area (Å²) < 4.78 is 11.3. The van der Waals surface area contributed by atoms with Gasteiger partial charge in [0.1, 0.15) is 11.5 Å². The number of carbonyl (C=O) groups excluding carboxylic acids is 1. The molecule has 2 rings (SSSR count). The summed E-state index contributed by atoms with van der Waals surface area (Å²) in [7, 11) is 0. The largest absolute Gasteiger partial charge is 0.494 e. The van der Waals surface area contributed by atoms with Crippen LogP contribution in [-0.4, -0.2) is 25.7 Å². The standard InChI is InChI=1S/C24H34N2O3/c1-3-5-6-7-8-18-29-23-15-11-21(12-16-23)26-24(27)19-25-20-9-13-22(14-10-20)28-17-4-2/h9-16,25H,3-8,17-19H2,1-2H3,(H,26,27). The molecule has 2 N–H and O–H groups in total. The highest BCUT2D eigenvalue weighted by Crippen LogP contribution is 2.17. The van der Waals surface area contributed by atoms with Gasteiger partial charge in [-0.2, -0.15) is 0 Å². The van der Waals surface area contributed by atoms with Gasteiger partial charge in [-0.3, -0.25) is 4.79 Å². The Morgan fingerprint density at radius 3 is 1.93 bits per heavy atom. The summed E-state index contributed by atoms with van der Waals surface area (Å²) in [6.45, 7) is 5.93. The monoisotopic (exact) mass is 398 g/mol. The minimum Gasteiger partial charge on any atom is -0.494 e. The number of carbonyl (C=O) groups is 1. The average Bonchev–Trinajstić information content (AvgIpc) is 2.75. The summed E-state index contributed by atoms with van der Waals surface area (Å²) in [5, 5.41) is 6.00. The quantitative estimate of drug-likeness (QED) is 0.390. The fraction of sp³-hybridized carbons (Fsp3) is 0.458. The van der Waals surface area contributed by atoms with Gasteiger partial charge in [-0.05, 0) is 61.4 Å². The van der Waals surface area contributed by atoms with Gasteiger partial charge in [0.15, 0.2) is 0 Å². The van der Waals surface area contributed by atoms with E-state index in [1.165, 1.54) is 25.7 Å². The Hall–Kier alpha value is -2.69. The number of benzene rings is 2. The molecule has 0 aliphatic carbocycles. The normalized spacial score (nSPS) is 10.4. The number of rotatable bonds is 14. The zero-order valence-corrected chi connectivity index (χ0v) is 17.7. The average molecular weight is 399 g/mol. The number of nitrogens with one attached hydrogen (secondary N) is 2. The molecule has 0 fully saturated rings. The highest BCUT2D eigenvalue weighted by atomic mass is 16.5. The second-order valence-electron chi connectivity index (χ2n) is 7.06. The van der Waals surface area contributed by atoms with Crippen LogP contribution in [0.3, 0.4) is 0 Å². The maximum atomic E-state index is 12.1. The summed E-state index contributed by atoms with van der Waals surface area (Å²) in [4.78, 5) is 12.1. The van der Waals surface area contributed by atoms with Gasteiger partial charge in [0, 0.05) is 11.4 Å². The molecule has 2 aromatic rings. The van der Waals surface area contributed by atoms with Gasteiger partial charge < -0.3 is 20.1 Å². The fourth-order valence-electron chi connectivity index (χ4n) is 2.81. The number of anilines is 2. The van der Waals surface area contributed by atoms with Crippen LogP contribution >= 0.6 is 0 Å². The van der Waals surface area contributed by atoms with Crippen molar-refractivity contribution < 1.29 is 14.3 Å². The van der Waals surface area contributed by atoms with Crippen molar-refractivity contribution in [2.45, 2.75) is 52.4 Å². The van der Waals surface area contributed by atoms with Crippen molar-refractivity contribution in [3.8, 4) is 11.5 Å². The number of hydrogen-bond donors (Lipinski definition) is 2. The van der Waals surface area contributed by atoms with E-state index < -0.39 is 0 Å². The maximum Gasteiger partial charge on any atom is 0.243 e. The van der Waals surface area contributed by atoms with E-state index >= 15 is 0 Å². The van der Waals surface area contributed by atoms with Crippen molar-refractivity contribution in [3.05, 3.63) is 48.5 Å². The van der Waals surface area contributed by atoms with Crippen molar-refractivity contribution in [1.29, 1.82) is 0 Å². The molecule has 0 atom stereocenters. The first-order chi connectivity index (χ1) is 14.2. The van der Waals surface area contributed by atoms with E-state index in [2.05, 4.69) is 24.5 Å². The Morgan fingerprint density at radius 2 is 1.31 bits per heavy atom. The topological polar surface area (TPSA) is 59.6 Å². The molecule has 1 amide bonds. The lowest BCUT2D eigenvalue weighted by Gasteiger charge is -2.10. The SMILES string of the molecule is CCCCCCCOc1ccc(NC(=O)CNc2ccc(OCCC)cc2)cc1. The summed E-state index contributed by atoms with van der Waals surface area (Å²) in [6, 6.07) is 15.1. The highest BCUT2D eigenvalue weighted by molar-refractivity contribution is 5.93. The molecule has 0 heterocycles. The van der Waals surface area contributed by atoms with Gasteiger partial charge in [-0.25, -0.2) is 0 Å². The van der Waals surface area contributed by atoms with E-state index in [0.717, 1.165) is 42.3 Å². The smallest absolute Gasteiger partial charge is 0.243 e. The molecule has 0 bridgehead atoms. The van der Waals surface area contributed by atoms with Crippen LogP contribution in [0.5, 0.6) is 11.5 Å². The Labute approximate surface area is 174 Å². The minimum atomic E-state index is -0.0964. The van der Waals surface area contributed by atoms with E-state index in [1.807, 2.05) is 48.5 Å². The molecule has 0 spiro atoms. The third-order valence-corrected chi connectivity index (χ3v) is 4.43. The third-order valence-electron chi connectivity index (χ3n) is 4.43. The second kappa shape index (κ2) is 13.5. The molecule has 5 nitrogen and oxygen atoms in total. The van der Waals surface area contributed by atoms with Crippen molar-refractivity contribution >= 4 is 17.3 Å². The van der Waals surface area contributed by atoms with Crippen LogP contribution in [0.1, 0.15) is 52.4 Å². The summed E-state index contributed by atoms with van der Waals surface area (Å²) in [5.41, 5.74) is 1.64. The molecule has 0 saturated heterocycles. The van der Waals surface area contributed by atoms with E-state index in [4.69, 9.17) is 9.47 Å². The number of unbranched alkanes of at least 4 members (excludes halogenated alkanes) is 4. The zero-order chi connectivity index (χ0) is 20.7. The van der Waals surface area contributed by atoms with Crippen LogP contribution < -0.4 is 20.1 Å². The van der Waals surface area contributed by atoms with Crippen LogP contribution in [0.15, 0.2) is 48.5 Å². The third kappa shape index (κ3) is 9.37. The molecular weight excluding hydrogens is 364 g/mol. The molecule has 0 saturated carbocycles. The first-order valence-corrected chi connectivity index (χ1v) is 10.7. The van der Waals surface area contributed by atoms with Gasteiger partial charge in [-0.15, -0.1) is 0 Å². The Bertz CT molecular complexity index is 699. The second-order valence-corrected chi connectivity index (χ2v) is 7.06. The lowest BCUT2D eigenvalue weighted by molar-refractivity contribution is -0.114. The first kappa shape index (κ1) is 22.6. The summed E-state index contributed by atoms with van der Waals surface area (Å²) >= 11 is 0. The molecule has 0 aromatic heterocycles. The van der Waals surface area contributed by atoms with Crippen molar-refractivity contribution in [2.24, 2.45) is 0 Å². The van der Waals surface area contributed by atoms with Gasteiger partial charge in [0.2, 0.25) is 5.91 Å².